The van der Waals surface area contributed by atoms with Crippen LogP contribution < -0.4 is 9.64 Å². The molecule has 1 aromatic carbocycles. The van der Waals surface area contributed by atoms with Crippen molar-refractivity contribution in [1.29, 1.82) is 0 Å². The van der Waals surface area contributed by atoms with Gasteiger partial charge >= 0.3 is 12.1 Å². The maximum atomic E-state index is 14.2. The number of carboxylic acid groups (broad SMARTS) is 1. The summed E-state index contributed by atoms with van der Waals surface area (Å²) in [5.74, 6) is -1.24. The quantitative estimate of drug-likeness (QED) is 0.695. The van der Waals surface area contributed by atoms with Gasteiger partial charge in [-0.25, -0.2) is 14.2 Å². The number of pyridine rings is 1. The van der Waals surface area contributed by atoms with Gasteiger partial charge in [0.25, 0.3) is 0 Å². The van der Waals surface area contributed by atoms with E-state index in [4.69, 9.17) is 4.74 Å². The van der Waals surface area contributed by atoms with Crippen LogP contribution in [0.25, 0.3) is 0 Å². The van der Waals surface area contributed by atoms with Crippen LogP contribution in [0, 0.1) is 5.82 Å². The monoisotopic (exact) mass is 424 g/mol. The van der Waals surface area contributed by atoms with E-state index in [9.17, 15) is 27.5 Å². The number of nitrogens with zero attached hydrogens (tertiary/aromatic N) is 2. The van der Waals surface area contributed by atoms with Gasteiger partial charge in [0.15, 0.2) is 0 Å². The normalized spacial score (nSPS) is 19.6. The smallest absolute Gasteiger partial charge is 0.417 e. The highest BCUT2D eigenvalue weighted by Crippen LogP contribution is 2.45. The number of ether oxygens (including phenoxy) is 1. The minimum atomic E-state index is -4.44. The molecule has 30 heavy (non-hydrogen) atoms. The second kappa shape index (κ2) is 7.77. The lowest BCUT2D eigenvalue weighted by atomic mass is 10.0. The lowest BCUT2D eigenvalue weighted by Gasteiger charge is -2.34. The summed E-state index contributed by atoms with van der Waals surface area (Å²) >= 11 is 0. The largest absolute Gasteiger partial charge is 0.488 e. The molecule has 1 N–H and O–H groups in total. The summed E-state index contributed by atoms with van der Waals surface area (Å²) in [5, 5.41) is 9.17. The fraction of sp³-hybridized carbons (Fsp3) is 0.429. The van der Waals surface area contributed by atoms with Crippen LogP contribution in [0.4, 0.5) is 23.4 Å². The Morgan fingerprint density at radius 3 is 2.57 bits per heavy atom. The van der Waals surface area contributed by atoms with Crippen molar-refractivity contribution in [3.05, 3.63) is 53.0 Å². The molecule has 1 aliphatic carbocycles. The number of anilines is 1. The third-order valence-corrected chi connectivity index (χ3v) is 5.42. The van der Waals surface area contributed by atoms with E-state index < -0.39 is 23.5 Å². The van der Waals surface area contributed by atoms with Crippen LogP contribution in [0.3, 0.4) is 0 Å². The van der Waals surface area contributed by atoms with Crippen molar-refractivity contribution in [2.45, 2.75) is 43.9 Å². The summed E-state index contributed by atoms with van der Waals surface area (Å²) in [6.07, 6.45) is -0.711. The highest BCUT2D eigenvalue weighted by Gasteiger charge is 2.33. The molecule has 2 aliphatic rings. The SMILES string of the molecule is O=C(O)c1cc(C2CC2)c(OC2CCCN(c3ccc(C(F)(F)F)cn3)C2)cc1F. The van der Waals surface area contributed by atoms with Crippen molar-refractivity contribution in [3.8, 4) is 5.75 Å². The molecule has 9 heteroatoms. The molecule has 1 atom stereocenters. The van der Waals surface area contributed by atoms with Crippen molar-refractivity contribution in [2.75, 3.05) is 18.0 Å². The molecule has 1 saturated heterocycles. The number of rotatable bonds is 5. The van der Waals surface area contributed by atoms with Crippen LogP contribution in [0.2, 0.25) is 0 Å². The Hall–Kier alpha value is -2.84. The molecule has 5 nitrogen and oxygen atoms in total. The summed E-state index contributed by atoms with van der Waals surface area (Å²) in [6.45, 7) is 1.02. The number of benzene rings is 1. The molecule has 4 rings (SSSR count). The third-order valence-electron chi connectivity index (χ3n) is 5.42. The summed E-state index contributed by atoms with van der Waals surface area (Å²) in [4.78, 5) is 17.0. The van der Waals surface area contributed by atoms with Crippen LogP contribution in [-0.4, -0.2) is 35.3 Å². The Morgan fingerprint density at radius 1 is 1.20 bits per heavy atom. The van der Waals surface area contributed by atoms with Gasteiger partial charge in [-0.15, -0.1) is 0 Å². The average Bonchev–Trinajstić information content (AvgIpc) is 3.53. The summed E-state index contributed by atoms with van der Waals surface area (Å²) in [7, 11) is 0. The van der Waals surface area contributed by atoms with E-state index in [1.54, 1.807) is 0 Å². The number of piperidine rings is 1. The standard InChI is InChI=1S/C21H20F4N2O3/c22-17-9-18(15(12-3-4-12)8-16(17)20(28)29)30-14-2-1-7-27(11-14)19-6-5-13(10-26-19)21(23,24)25/h5-6,8-10,12,14H,1-4,7,11H2,(H,28,29). The fourth-order valence-corrected chi connectivity index (χ4v) is 3.71. The minimum absolute atomic E-state index is 0.162. The van der Waals surface area contributed by atoms with E-state index in [0.717, 1.165) is 37.6 Å². The second-order valence-corrected chi connectivity index (χ2v) is 7.68. The maximum absolute atomic E-state index is 14.2. The summed E-state index contributed by atoms with van der Waals surface area (Å²) in [5.41, 5.74) is -0.485. The van der Waals surface area contributed by atoms with Crippen molar-refractivity contribution < 1.29 is 32.2 Å². The van der Waals surface area contributed by atoms with E-state index in [1.807, 2.05) is 4.90 Å². The molecule has 1 aliphatic heterocycles. The van der Waals surface area contributed by atoms with Crippen molar-refractivity contribution in [2.24, 2.45) is 0 Å². The predicted molar refractivity (Wildman–Crippen MR) is 100 cm³/mol. The zero-order valence-electron chi connectivity index (χ0n) is 16.0. The van der Waals surface area contributed by atoms with E-state index >= 15 is 0 Å². The number of aromatic carboxylic acids is 1. The number of halogens is 4. The van der Waals surface area contributed by atoms with E-state index in [1.165, 1.54) is 12.1 Å². The third kappa shape index (κ3) is 4.34. The topological polar surface area (TPSA) is 62.7 Å². The Morgan fingerprint density at radius 2 is 1.97 bits per heavy atom. The maximum Gasteiger partial charge on any atom is 0.417 e. The van der Waals surface area contributed by atoms with Crippen molar-refractivity contribution in [3.63, 3.8) is 0 Å². The Balaban J connectivity index is 1.51. The van der Waals surface area contributed by atoms with E-state index in [0.29, 0.717) is 36.6 Å². The van der Waals surface area contributed by atoms with Crippen LogP contribution in [0.1, 0.15) is 53.1 Å². The van der Waals surface area contributed by atoms with Gasteiger partial charge in [0, 0.05) is 18.8 Å². The van der Waals surface area contributed by atoms with Crippen LogP contribution in [0.15, 0.2) is 30.5 Å². The molecule has 2 aromatic rings. The highest BCUT2D eigenvalue weighted by atomic mass is 19.4. The van der Waals surface area contributed by atoms with Crippen LogP contribution >= 0.6 is 0 Å². The highest BCUT2D eigenvalue weighted by molar-refractivity contribution is 5.88. The number of alkyl halides is 3. The molecule has 1 aromatic heterocycles. The molecule has 0 bridgehead atoms. The number of carbonyl (C=O) groups is 1. The van der Waals surface area contributed by atoms with Gasteiger partial charge in [0.05, 0.1) is 17.7 Å². The molecular weight excluding hydrogens is 404 g/mol. The van der Waals surface area contributed by atoms with Crippen molar-refractivity contribution in [1.82, 2.24) is 4.98 Å². The second-order valence-electron chi connectivity index (χ2n) is 7.68. The number of hydrogen-bond acceptors (Lipinski definition) is 4. The zero-order valence-corrected chi connectivity index (χ0v) is 16.0. The van der Waals surface area contributed by atoms with Gasteiger partial charge in [-0.3, -0.25) is 0 Å². The Labute approximate surface area is 170 Å². The first-order valence-corrected chi connectivity index (χ1v) is 9.74. The van der Waals surface area contributed by atoms with Crippen molar-refractivity contribution >= 4 is 11.8 Å². The lowest BCUT2D eigenvalue weighted by molar-refractivity contribution is -0.137. The number of carboxylic acids is 1. The van der Waals surface area contributed by atoms with E-state index in [-0.39, 0.29) is 17.6 Å². The van der Waals surface area contributed by atoms with Crippen LogP contribution in [-0.2, 0) is 6.18 Å². The molecule has 1 unspecified atom stereocenters. The zero-order chi connectivity index (χ0) is 21.5. The predicted octanol–water partition coefficient (Wildman–Crippen LogP) is 4.86. The number of hydrogen-bond donors (Lipinski definition) is 1. The van der Waals surface area contributed by atoms with Gasteiger partial charge in [-0.05, 0) is 55.4 Å². The molecule has 1 saturated carbocycles. The Bertz CT molecular complexity index is 943. The summed E-state index contributed by atoms with van der Waals surface area (Å²) in [6, 6.07) is 4.81. The molecule has 160 valence electrons. The first-order chi connectivity index (χ1) is 14.2. The first-order valence-electron chi connectivity index (χ1n) is 9.74. The molecule has 0 spiro atoms. The van der Waals surface area contributed by atoms with Gasteiger partial charge in [-0.2, -0.15) is 13.2 Å². The molecule has 2 heterocycles. The molecule has 0 radical (unpaired) electrons. The van der Waals surface area contributed by atoms with Gasteiger partial charge in [0.2, 0.25) is 0 Å². The summed E-state index contributed by atoms with van der Waals surface area (Å²) < 4.78 is 58.5. The van der Waals surface area contributed by atoms with Gasteiger partial charge in [0.1, 0.15) is 23.5 Å². The van der Waals surface area contributed by atoms with Gasteiger partial charge < -0.3 is 14.7 Å². The first kappa shape index (κ1) is 20.4. The molecule has 0 amide bonds. The lowest BCUT2D eigenvalue weighted by Crippen LogP contribution is -2.41. The van der Waals surface area contributed by atoms with E-state index in [2.05, 4.69) is 4.98 Å². The number of aromatic nitrogens is 1. The molecular formula is C21H20F4N2O3. The average molecular weight is 424 g/mol. The molecule has 2 fully saturated rings. The van der Waals surface area contributed by atoms with Gasteiger partial charge in [-0.1, -0.05) is 0 Å². The van der Waals surface area contributed by atoms with Crippen LogP contribution in [0.5, 0.6) is 5.75 Å². The fourth-order valence-electron chi connectivity index (χ4n) is 3.71. The Kier molecular flexibility index (Phi) is 5.29. The minimum Gasteiger partial charge on any atom is -0.488 e.